The number of carbonyl (C=O) groups excluding carboxylic acids is 1. The molecule has 5 heteroatoms. The highest BCUT2D eigenvalue weighted by Gasteiger charge is 2.41. The molecule has 0 spiro atoms. The minimum Gasteiger partial charge on any atom is -0.464 e. The lowest BCUT2D eigenvalue weighted by molar-refractivity contribution is 0.0593. The summed E-state index contributed by atoms with van der Waals surface area (Å²) in [4.78, 5) is 18.4. The van der Waals surface area contributed by atoms with Crippen molar-refractivity contribution in [2.24, 2.45) is 11.8 Å². The molecule has 1 aromatic heterocycles. The summed E-state index contributed by atoms with van der Waals surface area (Å²) < 4.78 is 4.72. The van der Waals surface area contributed by atoms with Gasteiger partial charge in [-0.15, -0.1) is 0 Å². The van der Waals surface area contributed by atoms with E-state index in [0.29, 0.717) is 11.7 Å². The molecule has 3 unspecified atom stereocenters. The third-order valence-corrected chi connectivity index (χ3v) is 4.62. The number of carbonyl (C=O) groups is 1. The smallest absolute Gasteiger partial charge is 0.356 e. The number of rotatable bonds is 3. The molecule has 3 rings (SSSR count). The van der Waals surface area contributed by atoms with Gasteiger partial charge in [-0.25, -0.2) is 9.78 Å². The van der Waals surface area contributed by atoms with E-state index >= 15 is 0 Å². The fraction of sp³-hybridized carbons (Fsp3) is 0.600. The number of aromatic nitrogens is 1. The van der Waals surface area contributed by atoms with Crippen molar-refractivity contribution in [3.63, 3.8) is 0 Å². The summed E-state index contributed by atoms with van der Waals surface area (Å²) >= 11 is 0. The number of likely N-dealkylation sites (tertiary alicyclic amines) is 1. The van der Waals surface area contributed by atoms with E-state index in [1.807, 2.05) is 12.1 Å². The molecule has 0 aromatic carbocycles. The molecule has 2 aliphatic rings. The van der Waals surface area contributed by atoms with Crippen LogP contribution in [0.4, 0.5) is 0 Å². The van der Waals surface area contributed by atoms with Gasteiger partial charge in [0.2, 0.25) is 0 Å². The van der Waals surface area contributed by atoms with Crippen molar-refractivity contribution in [3.8, 4) is 0 Å². The van der Waals surface area contributed by atoms with Crippen LogP contribution < -0.4 is 5.32 Å². The first kappa shape index (κ1) is 13.5. The van der Waals surface area contributed by atoms with Crippen molar-refractivity contribution in [2.75, 3.05) is 26.7 Å². The third kappa shape index (κ3) is 2.43. The third-order valence-electron chi connectivity index (χ3n) is 4.62. The van der Waals surface area contributed by atoms with Crippen LogP contribution in [0.2, 0.25) is 0 Å². The monoisotopic (exact) mass is 275 g/mol. The van der Waals surface area contributed by atoms with E-state index in [9.17, 15) is 4.79 Å². The molecule has 2 saturated heterocycles. The van der Waals surface area contributed by atoms with Gasteiger partial charge in [-0.05, 0) is 44.0 Å². The predicted molar refractivity (Wildman–Crippen MR) is 75.3 cm³/mol. The highest BCUT2D eigenvalue weighted by molar-refractivity contribution is 5.87. The summed E-state index contributed by atoms with van der Waals surface area (Å²) in [6, 6.07) is 6.11. The minimum absolute atomic E-state index is 0.373. The van der Waals surface area contributed by atoms with E-state index in [-0.39, 0.29) is 5.97 Å². The van der Waals surface area contributed by atoms with Crippen LogP contribution in [0.3, 0.4) is 0 Å². The van der Waals surface area contributed by atoms with E-state index in [0.717, 1.165) is 43.7 Å². The van der Waals surface area contributed by atoms with Crippen molar-refractivity contribution in [1.29, 1.82) is 0 Å². The van der Waals surface area contributed by atoms with Gasteiger partial charge in [0.25, 0.3) is 0 Å². The largest absolute Gasteiger partial charge is 0.464 e. The maximum atomic E-state index is 11.5. The Labute approximate surface area is 119 Å². The first-order valence-electron chi connectivity index (χ1n) is 7.18. The van der Waals surface area contributed by atoms with E-state index in [2.05, 4.69) is 22.1 Å². The summed E-state index contributed by atoms with van der Waals surface area (Å²) in [7, 11) is 1.38. The topological polar surface area (TPSA) is 54.5 Å². The molecule has 1 N–H and O–H groups in total. The summed E-state index contributed by atoms with van der Waals surface area (Å²) in [5.41, 5.74) is 1.33. The van der Waals surface area contributed by atoms with Crippen molar-refractivity contribution >= 4 is 5.97 Å². The van der Waals surface area contributed by atoms with E-state index in [1.54, 1.807) is 6.07 Å². The van der Waals surface area contributed by atoms with Crippen LogP contribution in [-0.4, -0.2) is 48.6 Å². The number of hydrogen-bond acceptors (Lipinski definition) is 5. The Bertz CT molecular complexity index is 506. The number of methoxy groups -OCH3 is 1. The highest BCUT2D eigenvalue weighted by Crippen LogP contribution is 2.32. The summed E-state index contributed by atoms with van der Waals surface area (Å²) in [5.74, 6) is 1.13. The number of fused-ring (bicyclic) bond motifs is 1. The molecule has 108 valence electrons. The zero-order chi connectivity index (χ0) is 14.1. The van der Waals surface area contributed by atoms with Gasteiger partial charge >= 0.3 is 5.97 Å². The molecule has 3 atom stereocenters. The van der Waals surface area contributed by atoms with Crippen molar-refractivity contribution < 1.29 is 9.53 Å². The predicted octanol–water partition coefficient (Wildman–Crippen LogP) is 0.908. The van der Waals surface area contributed by atoms with Gasteiger partial charge < -0.3 is 10.1 Å². The second-order valence-corrected chi connectivity index (χ2v) is 5.76. The number of ether oxygens (including phenoxy) is 1. The molecule has 0 radical (unpaired) electrons. The molecular weight excluding hydrogens is 254 g/mol. The van der Waals surface area contributed by atoms with Crippen LogP contribution in [-0.2, 0) is 11.3 Å². The molecule has 20 heavy (non-hydrogen) atoms. The quantitative estimate of drug-likeness (QED) is 0.831. The normalized spacial score (nSPS) is 29.4. The van der Waals surface area contributed by atoms with Gasteiger partial charge in [-0.3, -0.25) is 4.90 Å². The number of esters is 1. The molecule has 3 heterocycles. The number of hydrogen-bond donors (Lipinski definition) is 1. The highest BCUT2D eigenvalue weighted by atomic mass is 16.5. The molecule has 0 saturated carbocycles. The lowest BCUT2D eigenvalue weighted by Crippen LogP contribution is -2.33. The van der Waals surface area contributed by atoms with Gasteiger partial charge in [-0.2, -0.15) is 0 Å². The molecule has 0 aliphatic carbocycles. The van der Waals surface area contributed by atoms with Crippen molar-refractivity contribution in [3.05, 3.63) is 29.6 Å². The summed E-state index contributed by atoms with van der Waals surface area (Å²) in [5, 5.41) is 3.47. The zero-order valence-corrected chi connectivity index (χ0v) is 12.0. The number of pyridine rings is 1. The standard InChI is InChI=1S/C15H21N3O2/c1-10-13-7-16-6-11(13)8-18(10)9-12-4-3-5-14(17-12)15(19)20-2/h3-5,10-11,13,16H,6-9H2,1-2H3. The van der Waals surface area contributed by atoms with Gasteiger partial charge in [0.1, 0.15) is 5.69 Å². The second kappa shape index (κ2) is 5.50. The van der Waals surface area contributed by atoms with Gasteiger partial charge in [-0.1, -0.05) is 6.07 Å². The Balaban J connectivity index is 1.70. The number of nitrogens with zero attached hydrogens (tertiary/aromatic N) is 2. The van der Waals surface area contributed by atoms with Crippen LogP contribution >= 0.6 is 0 Å². The van der Waals surface area contributed by atoms with Crippen LogP contribution in [0, 0.1) is 11.8 Å². The average molecular weight is 275 g/mol. The lowest BCUT2D eigenvalue weighted by Gasteiger charge is -2.23. The van der Waals surface area contributed by atoms with Gasteiger partial charge in [0, 0.05) is 19.1 Å². The average Bonchev–Trinajstić information content (AvgIpc) is 3.03. The zero-order valence-electron chi connectivity index (χ0n) is 12.0. The molecule has 0 bridgehead atoms. The molecular formula is C15H21N3O2. The Morgan fingerprint density at radius 1 is 1.50 bits per heavy atom. The summed E-state index contributed by atoms with van der Waals surface area (Å²) in [6.07, 6.45) is 0. The molecule has 2 fully saturated rings. The van der Waals surface area contributed by atoms with Crippen molar-refractivity contribution in [1.82, 2.24) is 15.2 Å². The molecule has 2 aliphatic heterocycles. The Hall–Kier alpha value is -1.46. The second-order valence-electron chi connectivity index (χ2n) is 5.76. The van der Waals surface area contributed by atoms with Gasteiger partial charge in [0.05, 0.1) is 12.8 Å². The lowest BCUT2D eigenvalue weighted by atomic mass is 9.95. The molecule has 1 aromatic rings. The Morgan fingerprint density at radius 2 is 2.35 bits per heavy atom. The van der Waals surface area contributed by atoms with Gasteiger partial charge in [0.15, 0.2) is 0 Å². The first-order valence-corrected chi connectivity index (χ1v) is 7.18. The van der Waals surface area contributed by atoms with Crippen LogP contribution in [0.15, 0.2) is 18.2 Å². The number of nitrogens with one attached hydrogen (secondary N) is 1. The van der Waals surface area contributed by atoms with E-state index in [4.69, 9.17) is 4.74 Å². The fourth-order valence-corrected chi connectivity index (χ4v) is 3.46. The Morgan fingerprint density at radius 3 is 3.10 bits per heavy atom. The first-order chi connectivity index (χ1) is 9.69. The fourth-order valence-electron chi connectivity index (χ4n) is 3.46. The maximum Gasteiger partial charge on any atom is 0.356 e. The van der Waals surface area contributed by atoms with E-state index in [1.165, 1.54) is 7.11 Å². The molecule has 5 nitrogen and oxygen atoms in total. The molecule has 0 amide bonds. The van der Waals surface area contributed by atoms with Crippen LogP contribution in [0.25, 0.3) is 0 Å². The minimum atomic E-state index is -0.373. The SMILES string of the molecule is COC(=O)c1cccc(CN2CC3CNCC3C2C)n1. The van der Waals surface area contributed by atoms with Crippen LogP contribution in [0.5, 0.6) is 0 Å². The maximum absolute atomic E-state index is 11.5. The van der Waals surface area contributed by atoms with E-state index < -0.39 is 0 Å². The van der Waals surface area contributed by atoms with Crippen molar-refractivity contribution in [2.45, 2.75) is 19.5 Å². The summed E-state index contributed by atoms with van der Waals surface area (Å²) in [6.45, 7) is 6.46. The van der Waals surface area contributed by atoms with Crippen LogP contribution in [0.1, 0.15) is 23.1 Å². The Kier molecular flexibility index (Phi) is 3.72.